The molecule has 1 aliphatic carbocycles. The molecule has 36 heavy (non-hydrogen) atoms. The van der Waals surface area contributed by atoms with E-state index in [1.165, 1.54) is 45.2 Å². The molecule has 0 aromatic heterocycles. The third-order valence-corrected chi connectivity index (χ3v) is 8.38. The van der Waals surface area contributed by atoms with Crippen molar-refractivity contribution in [2.24, 2.45) is 0 Å². The van der Waals surface area contributed by atoms with E-state index < -0.39 is 5.79 Å². The van der Waals surface area contributed by atoms with E-state index in [-0.39, 0.29) is 0 Å². The van der Waals surface area contributed by atoms with Gasteiger partial charge in [-0.15, -0.1) is 0 Å². The number of ether oxygens (including phenoxy) is 3. The summed E-state index contributed by atoms with van der Waals surface area (Å²) < 4.78 is 17.8. The molecule has 1 saturated carbocycles. The van der Waals surface area contributed by atoms with Crippen LogP contribution in [0.4, 0.5) is 0 Å². The van der Waals surface area contributed by atoms with Crippen LogP contribution in [0.3, 0.4) is 0 Å². The van der Waals surface area contributed by atoms with Crippen LogP contribution in [0.25, 0.3) is 11.1 Å². The Morgan fingerprint density at radius 1 is 0.944 bits per heavy atom. The number of rotatable bonds is 4. The second-order valence-corrected chi connectivity index (χ2v) is 10.7. The minimum atomic E-state index is -0.444. The molecule has 6 heteroatoms. The van der Waals surface area contributed by atoms with Gasteiger partial charge in [-0.1, -0.05) is 36.8 Å². The van der Waals surface area contributed by atoms with E-state index in [4.69, 9.17) is 14.2 Å². The lowest BCUT2D eigenvalue weighted by Crippen LogP contribution is -2.54. The molecule has 2 aromatic carbocycles. The van der Waals surface area contributed by atoms with Crippen molar-refractivity contribution in [3.8, 4) is 16.9 Å². The molecular weight excluding hydrogens is 452 g/mol. The smallest absolute Gasteiger partial charge is 0.213 e. The van der Waals surface area contributed by atoms with Crippen molar-refractivity contribution in [2.45, 2.75) is 69.5 Å². The van der Waals surface area contributed by atoms with E-state index in [1.807, 2.05) is 24.3 Å². The van der Waals surface area contributed by atoms with E-state index >= 15 is 0 Å². The predicted molar refractivity (Wildman–Crippen MR) is 141 cm³/mol. The van der Waals surface area contributed by atoms with Crippen molar-refractivity contribution in [3.05, 3.63) is 53.6 Å². The maximum atomic E-state index is 10.8. The zero-order chi connectivity index (χ0) is 25.0. The largest absolute Gasteiger partial charge is 0.462 e. The minimum absolute atomic E-state index is 0.444. The van der Waals surface area contributed by atoms with Gasteiger partial charge >= 0.3 is 0 Å². The normalized spacial score (nSPS) is 22.6. The standard InChI is InChI=1S/C23H25NO3.C7H15NO/c25-15-17-4-6-18(7-5-17)19-8-9-22-20(14-19)16-26-23(27-22)10-12-24(13-11-23)21-2-1-3-21;1-8-5-3-7(9-2)4-6-8/h4-9,14-15,21H,1-3,10-13,16H2;7H,3-6H2,1-2H3. The highest BCUT2D eigenvalue weighted by molar-refractivity contribution is 5.77. The Morgan fingerprint density at radius 3 is 2.25 bits per heavy atom. The molecule has 194 valence electrons. The number of carbonyl (C=O) groups excluding carboxylic acids is 1. The van der Waals surface area contributed by atoms with Gasteiger partial charge < -0.3 is 19.1 Å². The van der Waals surface area contributed by atoms with Crippen LogP contribution in [-0.4, -0.2) is 74.4 Å². The predicted octanol–water partition coefficient (Wildman–Crippen LogP) is 5.15. The first kappa shape index (κ1) is 25.4. The number of nitrogens with zero attached hydrogens (tertiary/aromatic N) is 2. The van der Waals surface area contributed by atoms with Crippen LogP contribution in [0.5, 0.6) is 5.75 Å². The monoisotopic (exact) mass is 492 g/mol. The average molecular weight is 493 g/mol. The Bertz CT molecular complexity index is 1000. The Morgan fingerprint density at radius 2 is 1.64 bits per heavy atom. The van der Waals surface area contributed by atoms with E-state index in [0.717, 1.165) is 60.7 Å². The fraction of sp³-hybridized carbons (Fsp3) is 0.567. The number of hydrogen-bond donors (Lipinski definition) is 0. The fourth-order valence-electron chi connectivity index (χ4n) is 5.61. The van der Waals surface area contributed by atoms with Gasteiger partial charge in [0.15, 0.2) is 0 Å². The number of benzene rings is 2. The number of likely N-dealkylation sites (tertiary alicyclic amines) is 2. The molecule has 0 atom stereocenters. The number of aldehydes is 1. The first-order chi connectivity index (χ1) is 17.6. The first-order valence-corrected chi connectivity index (χ1v) is 13.5. The highest BCUT2D eigenvalue weighted by atomic mass is 16.7. The lowest BCUT2D eigenvalue weighted by Gasteiger charge is -2.47. The minimum Gasteiger partial charge on any atom is -0.462 e. The summed E-state index contributed by atoms with van der Waals surface area (Å²) in [7, 11) is 3.96. The molecule has 3 heterocycles. The summed E-state index contributed by atoms with van der Waals surface area (Å²) in [5.74, 6) is 0.506. The summed E-state index contributed by atoms with van der Waals surface area (Å²) in [6.07, 6.45) is 9.78. The van der Waals surface area contributed by atoms with Crippen LogP contribution in [0.1, 0.15) is 60.9 Å². The van der Waals surface area contributed by atoms with Crippen LogP contribution in [-0.2, 0) is 16.1 Å². The van der Waals surface area contributed by atoms with E-state index in [0.29, 0.717) is 18.3 Å². The molecular formula is C30H40N2O4. The maximum Gasteiger partial charge on any atom is 0.213 e. The average Bonchev–Trinajstić information content (AvgIpc) is 2.90. The number of fused-ring (bicyclic) bond motifs is 1. The van der Waals surface area contributed by atoms with Crippen LogP contribution < -0.4 is 4.74 Å². The van der Waals surface area contributed by atoms with Gasteiger partial charge in [0.05, 0.1) is 12.7 Å². The first-order valence-electron chi connectivity index (χ1n) is 13.5. The molecule has 6 rings (SSSR count). The Hall–Kier alpha value is -2.25. The summed E-state index contributed by atoms with van der Waals surface area (Å²) in [4.78, 5) is 15.8. The fourth-order valence-corrected chi connectivity index (χ4v) is 5.61. The van der Waals surface area contributed by atoms with Gasteiger partial charge in [-0.05, 0) is 56.0 Å². The number of methoxy groups -OCH3 is 1. The summed E-state index contributed by atoms with van der Waals surface area (Å²) in [6.45, 7) is 5.12. The van der Waals surface area contributed by atoms with Gasteiger partial charge in [0.25, 0.3) is 0 Å². The van der Waals surface area contributed by atoms with Crippen molar-refractivity contribution >= 4 is 6.29 Å². The Kier molecular flexibility index (Phi) is 8.06. The molecule has 0 amide bonds. The highest BCUT2D eigenvalue weighted by Crippen LogP contribution is 2.40. The Labute approximate surface area is 215 Å². The molecule has 0 unspecified atom stereocenters. The maximum absolute atomic E-state index is 10.8. The zero-order valence-corrected chi connectivity index (χ0v) is 21.8. The number of hydrogen-bond acceptors (Lipinski definition) is 6. The summed E-state index contributed by atoms with van der Waals surface area (Å²) in [5.41, 5.74) is 4.00. The Balaban J connectivity index is 0.000000252. The van der Waals surface area contributed by atoms with Crippen molar-refractivity contribution in [1.82, 2.24) is 9.80 Å². The lowest BCUT2D eigenvalue weighted by molar-refractivity contribution is -0.231. The van der Waals surface area contributed by atoms with Crippen molar-refractivity contribution < 1.29 is 19.0 Å². The molecule has 3 fully saturated rings. The molecule has 0 radical (unpaired) electrons. The second kappa shape index (κ2) is 11.4. The van der Waals surface area contributed by atoms with Crippen LogP contribution in [0, 0.1) is 0 Å². The molecule has 0 bridgehead atoms. The van der Waals surface area contributed by atoms with Crippen molar-refractivity contribution in [2.75, 3.05) is 40.3 Å². The molecule has 3 aliphatic heterocycles. The quantitative estimate of drug-likeness (QED) is 0.551. The number of piperidine rings is 2. The van der Waals surface area contributed by atoms with Gasteiger partial charge in [0, 0.05) is 63.3 Å². The van der Waals surface area contributed by atoms with Crippen LogP contribution in [0.2, 0.25) is 0 Å². The van der Waals surface area contributed by atoms with Gasteiger partial charge in [0.2, 0.25) is 5.79 Å². The molecule has 2 aromatic rings. The van der Waals surface area contributed by atoms with Gasteiger partial charge in [-0.25, -0.2) is 0 Å². The van der Waals surface area contributed by atoms with Crippen molar-refractivity contribution in [3.63, 3.8) is 0 Å². The summed E-state index contributed by atoms with van der Waals surface area (Å²) >= 11 is 0. The van der Waals surface area contributed by atoms with Gasteiger partial charge in [-0.3, -0.25) is 9.69 Å². The van der Waals surface area contributed by atoms with Crippen LogP contribution in [0.15, 0.2) is 42.5 Å². The second-order valence-electron chi connectivity index (χ2n) is 10.7. The molecule has 6 nitrogen and oxygen atoms in total. The molecule has 4 aliphatic rings. The highest BCUT2D eigenvalue weighted by Gasteiger charge is 2.42. The third-order valence-electron chi connectivity index (χ3n) is 8.38. The van der Waals surface area contributed by atoms with Gasteiger partial charge in [0.1, 0.15) is 12.0 Å². The van der Waals surface area contributed by atoms with Gasteiger partial charge in [-0.2, -0.15) is 0 Å². The van der Waals surface area contributed by atoms with Crippen molar-refractivity contribution in [1.29, 1.82) is 0 Å². The van der Waals surface area contributed by atoms with Crippen LogP contribution >= 0.6 is 0 Å². The zero-order valence-electron chi connectivity index (χ0n) is 21.8. The topological polar surface area (TPSA) is 51.2 Å². The van der Waals surface area contributed by atoms with E-state index in [1.54, 1.807) is 7.11 Å². The van der Waals surface area contributed by atoms with E-state index in [9.17, 15) is 4.79 Å². The molecule has 2 saturated heterocycles. The third kappa shape index (κ3) is 5.83. The van der Waals surface area contributed by atoms with E-state index in [2.05, 4.69) is 35.0 Å². The number of carbonyl (C=O) groups is 1. The summed E-state index contributed by atoms with van der Waals surface area (Å²) in [6, 6.07) is 14.8. The SMILES string of the molecule is COC1CCN(C)CC1.O=Cc1ccc(-c2ccc3c(c2)COC2(CCN(C4CCC4)CC2)O3)cc1. The summed E-state index contributed by atoms with van der Waals surface area (Å²) in [5, 5.41) is 0. The lowest BCUT2D eigenvalue weighted by atomic mass is 9.89. The molecule has 1 spiro atoms. The molecule has 0 N–H and O–H groups in total.